The molecule has 21 heavy (non-hydrogen) atoms. The summed E-state index contributed by atoms with van der Waals surface area (Å²) in [6.07, 6.45) is 3.80. The van der Waals surface area contributed by atoms with Crippen molar-refractivity contribution in [3.8, 4) is 5.75 Å². The van der Waals surface area contributed by atoms with Crippen LogP contribution in [0.15, 0.2) is 12.1 Å². The van der Waals surface area contributed by atoms with E-state index >= 15 is 0 Å². The van der Waals surface area contributed by atoms with Gasteiger partial charge in [0.05, 0.1) is 6.10 Å². The molecule has 6 atom stereocenters. The lowest BCUT2D eigenvalue weighted by molar-refractivity contribution is -0.143. The van der Waals surface area contributed by atoms with Gasteiger partial charge in [0.2, 0.25) is 0 Å². The summed E-state index contributed by atoms with van der Waals surface area (Å²) in [5.41, 5.74) is 3.96. The SMILES string of the molecule is Cc1ccc2c3c1O[C@H]1C(O)[C@H](O)C[C@H]4[C@H](CCC[C@]314)C2. The van der Waals surface area contributed by atoms with Crippen LogP contribution in [0, 0.1) is 18.8 Å². The molecule has 2 N–H and O–H groups in total. The van der Waals surface area contributed by atoms with Crippen LogP contribution < -0.4 is 4.74 Å². The van der Waals surface area contributed by atoms with Crippen LogP contribution in [-0.2, 0) is 11.8 Å². The van der Waals surface area contributed by atoms with Crippen LogP contribution in [0.4, 0.5) is 0 Å². The van der Waals surface area contributed by atoms with E-state index in [1.165, 1.54) is 29.5 Å². The summed E-state index contributed by atoms with van der Waals surface area (Å²) in [7, 11) is 0. The monoisotopic (exact) mass is 286 g/mol. The van der Waals surface area contributed by atoms with Crippen LogP contribution in [0.2, 0.25) is 0 Å². The molecule has 5 rings (SSSR count). The molecule has 1 spiro atoms. The topological polar surface area (TPSA) is 49.7 Å². The minimum atomic E-state index is -0.752. The quantitative estimate of drug-likeness (QED) is 0.768. The van der Waals surface area contributed by atoms with Gasteiger partial charge >= 0.3 is 0 Å². The van der Waals surface area contributed by atoms with E-state index in [-0.39, 0.29) is 11.5 Å². The van der Waals surface area contributed by atoms with Gasteiger partial charge in [-0.3, -0.25) is 0 Å². The molecule has 3 aliphatic carbocycles. The summed E-state index contributed by atoms with van der Waals surface area (Å²) in [5.74, 6) is 2.13. The van der Waals surface area contributed by atoms with Crippen molar-refractivity contribution < 1.29 is 14.9 Å². The number of aliphatic hydroxyl groups excluding tert-OH is 2. The second-order valence-electron chi connectivity index (χ2n) is 7.58. The maximum absolute atomic E-state index is 10.6. The van der Waals surface area contributed by atoms with Gasteiger partial charge in [0.15, 0.2) is 0 Å². The van der Waals surface area contributed by atoms with Gasteiger partial charge in [-0.05, 0) is 55.6 Å². The zero-order valence-corrected chi connectivity index (χ0v) is 12.4. The second kappa shape index (κ2) is 3.82. The normalized spacial score (nSPS) is 46.0. The average molecular weight is 286 g/mol. The molecule has 1 unspecified atom stereocenters. The van der Waals surface area contributed by atoms with Gasteiger partial charge in [0.25, 0.3) is 0 Å². The molecular formula is C18H22O3. The number of hydrogen-bond acceptors (Lipinski definition) is 3. The molecular weight excluding hydrogens is 264 g/mol. The summed E-state index contributed by atoms with van der Waals surface area (Å²) >= 11 is 0. The summed E-state index contributed by atoms with van der Waals surface area (Å²) in [5, 5.41) is 20.9. The molecule has 4 aliphatic rings. The van der Waals surface area contributed by atoms with Gasteiger partial charge in [-0.2, -0.15) is 0 Å². The Morgan fingerprint density at radius 3 is 3.00 bits per heavy atom. The van der Waals surface area contributed by atoms with Gasteiger partial charge in [0.1, 0.15) is 18.0 Å². The Bertz CT molecular complexity index is 625. The lowest BCUT2D eigenvalue weighted by atomic mass is 9.47. The van der Waals surface area contributed by atoms with Crippen molar-refractivity contribution in [3.05, 3.63) is 28.8 Å². The molecule has 1 aromatic carbocycles. The van der Waals surface area contributed by atoms with Crippen LogP contribution in [0.1, 0.15) is 42.4 Å². The van der Waals surface area contributed by atoms with Crippen molar-refractivity contribution in [2.75, 3.05) is 0 Å². The summed E-state index contributed by atoms with van der Waals surface area (Å²) in [6.45, 7) is 2.09. The largest absolute Gasteiger partial charge is 0.486 e. The average Bonchev–Trinajstić information content (AvgIpc) is 2.80. The third kappa shape index (κ3) is 1.29. The van der Waals surface area contributed by atoms with Crippen LogP contribution in [0.5, 0.6) is 5.75 Å². The molecule has 0 saturated heterocycles. The van der Waals surface area contributed by atoms with E-state index in [9.17, 15) is 10.2 Å². The Morgan fingerprint density at radius 1 is 1.29 bits per heavy atom. The number of aryl methyl sites for hydroxylation is 1. The zero-order valence-electron chi connectivity index (χ0n) is 12.4. The summed E-state index contributed by atoms with van der Waals surface area (Å²) in [6, 6.07) is 4.43. The van der Waals surface area contributed by atoms with Crippen molar-refractivity contribution in [1.82, 2.24) is 0 Å². The maximum atomic E-state index is 10.6. The number of ether oxygens (including phenoxy) is 1. The minimum absolute atomic E-state index is 0.0312. The fourth-order valence-corrected chi connectivity index (χ4v) is 5.97. The minimum Gasteiger partial charge on any atom is -0.486 e. The Kier molecular flexibility index (Phi) is 2.27. The predicted molar refractivity (Wildman–Crippen MR) is 78.4 cm³/mol. The fourth-order valence-electron chi connectivity index (χ4n) is 5.97. The standard InChI is InChI=1S/C18H22O3/c1-9-4-5-11-7-10-3-2-6-18-12(10)8-13(19)15(20)17(18)21-16(9)14(11)18/h4-5,10,12-13,15,17,19-20H,2-3,6-8H2,1H3/t10-,12+,13-,15?,17+,18+/m1/s1. The first-order chi connectivity index (χ1) is 10.1. The number of rotatable bonds is 0. The van der Waals surface area contributed by atoms with E-state index < -0.39 is 12.2 Å². The summed E-state index contributed by atoms with van der Waals surface area (Å²) < 4.78 is 6.28. The van der Waals surface area contributed by atoms with Crippen molar-refractivity contribution >= 4 is 0 Å². The lowest BCUT2D eigenvalue weighted by Gasteiger charge is -2.56. The third-order valence-electron chi connectivity index (χ3n) is 6.74. The van der Waals surface area contributed by atoms with Gasteiger partial charge in [-0.15, -0.1) is 0 Å². The first-order valence-electron chi connectivity index (χ1n) is 8.28. The van der Waals surface area contributed by atoms with Gasteiger partial charge in [-0.25, -0.2) is 0 Å². The molecule has 1 heterocycles. The number of hydrogen-bond donors (Lipinski definition) is 2. The molecule has 3 nitrogen and oxygen atoms in total. The second-order valence-corrected chi connectivity index (χ2v) is 7.58. The molecule has 2 saturated carbocycles. The Hall–Kier alpha value is -1.06. The zero-order chi connectivity index (χ0) is 14.4. The highest BCUT2D eigenvalue weighted by molar-refractivity contribution is 5.57. The Labute approximate surface area is 124 Å². The molecule has 1 aliphatic heterocycles. The lowest BCUT2D eigenvalue weighted by Crippen LogP contribution is -2.63. The van der Waals surface area contributed by atoms with E-state index in [0.29, 0.717) is 11.8 Å². The van der Waals surface area contributed by atoms with Crippen molar-refractivity contribution in [1.29, 1.82) is 0 Å². The van der Waals surface area contributed by atoms with Crippen molar-refractivity contribution in [3.63, 3.8) is 0 Å². The Morgan fingerprint density at radius 2 is 2.14 bits per heavy atom. The highest BCUT2D eigenvalue weighted by Crippen LogP contribution is 2.64. The molecule has 2 fully saturated rings. The van der Waals surface area contributed by atoms with E-state index in [1.54, 1.807) is 0 Å². The van der Waals surface area contributed by atoms with Crippen molar-refractivity contribution in [2.45, 2.75) is 62.8 Å². The molecule has 112 valence electrons. The summed E-state index contributed by atoms with van der Waals surface area (Å²) in [4.78, 5) is 0. The van der Waals surface area contributed by atoms with E-state index in [2.05, 4.69) is 19.1 Å². The number of benzene rings is 1. The Balaban J connectivity index is 1.81. The van der Waals surface area contributed by atoms with E-state index in [1.807, 2.05) is 0 Å². The third-order valence-corrected chi connectivity index (χ3v) is 6.74. The maximum Gasteiger partial charge on any atom is 0.137 e. The molecule has 0 aromatic heterocycles. The smallest absolute Gasteiger partial charge is 0.137 e. The van der Waals surface area contributed by atoms with Gasteiger partial charge in [-0.1, -0.05) is 18.6 Å². The highest BCUT2D eigenvalue weighted by Gasteiger charge is 2.65. The first kappa shape index (κ1) is 12.5. The fraction of sp³-hybridized carbons (Fsp3) is 0.667. The van der Waals surface area contributed by atoms with E-state index in [4.69, 9.17) is 4.74 Å². The van der Waals surface area contributed by atoms with Crippen LogP contribution in [0.3, 0.4) is 0 Å². The van der Waals surface area contributed by atoms with Crippen LogP contribution >= 0.6 is 0 Å². The van der Waals surface area contributed by atoms with E-state index in [0.717, 1.165) is 25.0 Å². The first-order valence-corrected chi connectivity index (χ1v) is 8.28. The number of aliphatic hydroxyl groups is 2. The molecule has 2 bridgehead atoms. The van der Waals surface area contributed by atoms with Crippen LogP contribution in [-0.4, -0.2) is 28.5 Å². The molecule has 0 radical (unpaired) electrons. The van der Waals surface area contributed by atoms with Crippen molar-refractivity contribution in [2.24, 2.45) is 11.8 Å². The van der Waals surface area contributed by atoms with Crippen LogP contribution in [0.25, 0.3) is 0 Å². The van der Waals surface area contributed by atoms with Gasteiger partial charge < -0.3 is 14.9 Å². The molecule has 1 aromatic rings. The molecule has 3 heteroatoms. The van der Waals surface area contributed by atoms with Gasteiger partial charge in [0, 0.05) is 11.0 Å². The predicted octanol–water partition coefficient (Wildman–Crippen LogP) is 2.09. The molecule has 0 amide bonds. The highest BCUT2D eigenvalue weighted by atomic mass is 16.5.